The fourth-order valence-corrected chi connectivity index (χ4v) is 2.88. The molecule has 6 nitrogen and oxygen atoms in total. The van der Waals surface area contributed by atoms with Crippen molar-refractivity contribution >= 4 is 28.9 Å². The van der Waals surface area contributed by atoms with Gasteiger partial charge in [-0.15, -0.1) is 0 Å². The summed E-state index contributed by atoms with van der Waals surface area (Å²) in [5.41, 5.74) is 1.57. The van der Waals surface area contributed by atoms with Crippen LogP contribution >= 0.6 is 11.6 Å². The van der Waals surface area contributed by atoms with Crippen LogP contribution in [0.2, 0.25) is 5.02 Å². The maximum Gasteiger partial charge on any atom is 0.274 e. The first-order valence-electron chi connectivity index (χ1n) is 6.77. The molecule has 0 N–H and O–H groups in total. The van der Waals surface area contributed by atoms with Gasteiger partial charge in [-0.25, -0.2) is 0 Å². The van der Waals surface area contributed by atoms with Crippen LogP contribution < -0.4 is 4.90 Å². The Morgan fingerprint density at radius 1 is 1.36 bits per heavy atom. The highest BCUT2D eigenvalue weighted by atomic mass is 35.5. The second-order valence-corrected chi connectivity index (χ2v) is 5.35. The van der Waals surface area contributed by atoms with Crippen LogP contribution in [-0.4, -0.2) is 22.4 Å². The average Bonchev–Trinajstić information content (AvgIpc) is 2.53. The van der Waals surface area contributed by atoms with Crippen molar-refractivity contribution in [2.75, 3.05) is 11.4 Å². The van der Waals surface area contributed by atoms with E-state index in [-0.39, 0.29) is 16.6 Å². The number of nitrogens with zero attached hydrogens (tertiary/aromatic N) is 3. The molecule has 3 rings (SSSR count). The minimum atomic E-state index is -0.410. The molecular weight excluding hydrogens is 306 g/mol. The first kappa shape index (κ1) is 14.5. The lowest BCUT2D eigenvalue weighted by atomic mass is 9.99. The topological polar surface area (TPSA) is 76.3 Å². The zero-order chi connectivity index (χ0) is 15.7. The van der Waals surface area contributed by atoms with Gasteiger partial charge in [-0.3, -0.25) is 19.9 Å². The summed E-state index contributed by atoms with van der Waals surface area (Å²) >= 11 is 6.03. The highest BCUT2D eigenvalue weighted by Gasteiger charge is 2.29. The minimum absolute atomic E-state index is 0.0517. The van der Waals surface area contributed by atoms with Crippen molar-refractivity contribution in [1.82, 2.24) is 4.98 Å². The monoisotopic (exact) mass is 317 g/mol. The van der Waals surface area contributed by atoms with E-state index in [1.54, 1.807) is 23.1 Å². The number of carbonyl (C=O) groups excluding carboxylic acids is 1. The molecule has 1 aliphatic heterocycles. The van der Waals surface area contributed by atoms with Gasteiger partial charge in [-0.05, 0) is 25.0 Å². The Balaban J connectivity index is 2.06. The molecule has 2 heterocycles. The van der Waals surface area contributed by atoms with E-state index in [0.29, 0.717) is 36.2 Å². The van der Waals surface area contributed by atoms with Crippen molar-refractivity contribution in [2.24, 2.45) is 0 Å². The SMILES string of the molecule is O=C(c1ccncc1Cl)N1CCCc2c1cccc2[N+](=O)[O-]. The van der Waals surface area contributed by atoms with Gasteiger partial charge in [0.25, 0.3) is 11.6 Å². The third-order valence-corrected chi connectivity index (χ3v) is 3.97. The zero-order valence-electron chi connectivity index (χ0n) is 11.5. The van der Waals surface area contributed by atoms with Gasteiger partial charge in [-0.1, -0.05) is 17.7 Å². The molecule has 0 fully saturated rings. The molecule has 112 valence electrons. The second kappa shape index (κ2) is 5.73. The third-order valence-electron chi connectivity index (χ3n) is 3.67. The van der Waals surface area contributed by atoms with Crippen LogP contribution in [0.1, 0.15) is 22.3 Å². The standard InChI is InChI=1S/C15H12ClN3O3/c16-12-9-17-7-6-10(12)15(20)18-8-2-3-11-13(18)4-1-5-14(11)19(21)22/h1,4-7,9H,2-3,8H2. The summed E-state index contributed by atoms with van der Waals surface area (Å²) in [6.45, 7) is 0.506. The number of anilines is 1. The van der Waals surface area contributed by atoms with Crippen LogP contribution in [0, 0.1) is 10.1 Å². The van der Waals surface area contributed by atoms with Gasteiger partial charge in [0.2, 0.25) is 0 Å². The predicted octanol–water partition coefficient (Wildman–Crippen LogP) is 3.24. The summed E-state index contributed by atoms with van der Waals surface area (Å²) in [5.74, 6) is -0.270. The van der Waals surface area contributed by atoms with Crippen LogP contribution in [0.5, 0.6) is 0 Å². The lowest BCUT2D eigenvalue weighted by Gasteiger charge is -2.29. The molecule has 0 unspecified atom stereocenters. The molecule has 0 bridgehead atoms. The Morgan fingerprint density at radius 2 is 2.18 bits per heavy atom. The number of fused-ring (bicyclic) bond motifs is 1. The molecular formula is C15H12ClN3O3. The molecule has 22 heavy (non-hydrogen) atoms. The molecule has 1 aromatic carbocycles. The number of carbonyl (C=O) groups is 1. The van der Waals surface area contributed by atoms with Gasteiger partial charge < -0.3 is 4.90 Å². The number of amides is 1. The lowest BCUT2D eigenvalue weighted by Crippen LogP contribution is -2.35. The van der Waals surface area contributed by atoms with Crippen molar-refractivity contribution in [3.8, 4) is 0 Å². The van der Waals surface area contributed by atoms with E-state index >= 15 is 0 Å². The summed E-state index contributed by atoms with van der Waals surface area (Å²) in [4.78, 5) is 28.9. The largest absolute Gasteiger partial charge is 0.308 e. The quantitative estimate of drug-likeness (QED) is 0.629. The number of halogens is 1. The highest BCUT2D eigenvalue weighted by Crippen LogP contribution is 2.35. The lowest BCUT2D eigenvalue weighted by molar-refractivity contribution is -0.385. The molecule has 0 saturated carbocycles. The first-order valence-corrected chi connectivity index (χ1v) is 7.15. The Labute approximate surface area is 131 Å². The number of hydrogen-bond acceptors (Lipinski definition) is 4. The van der Waals surface area contributed by atoms with Crippen molar-refractivity contribution in [3.05, 3.63) is 62.9 Å². The molecule has 7 heteroatoms. The molecule has 2 aromatic rings. The zero-order valence-corrected chi connectivity index (χ0v) is 12.3. The molecule has 0 aliphatic carbocycles. The molecule has 1 aromatic heterocycles. The van der Waals surface area contributed by atoms with Crippen molar-refractivity contribution < 1.29 is 9.72 Å². The van der Waals surface area contributed by atoms with Crippen LogP contribution in [0.3, 0.4) is 0 Å². The van der Waals surface area contributed by atoms with Gasteiger partial charge in [0.15, 0.2) is 0 Å². The summed E-state index contributed by atoms with van der Waals surface area (Å²) in [7, 11) is 0. The molecule has 0 spiro atoms. The minimum Gasteiger partial charge on any atom is -0.308 e. The number of benzene rings is 1. The van der Waals surface area contributed by atoms with E-state index in [2.05, 4.69) is 4.98 Å². The Morgan fingerprint density at radius 3 is 2.91 bits per heavy atom. The fraction of sp³-hybridized carbons (Fsp3) is 0.200. The van der Waals surface area contributed by atoms with E-state index in [1.165, 1.54) is 18.5 Å². The smallest absolute Gasteiger partial charge is 0.274 e. The molecule has 0 saturated heterocycles. The Bertz CT molecular complexity index is 763. The second-order valence-electron chi connectivity index (χ2n) is 4.95. The van der Waals surface area contributed by atoms with E-state index in [4.69, 9.17) is 11.6 Å². The number of aromatic nitrogens is 1. The number of nitro benzene ring substituents is 1. The molecule has 0 atom stereocenters. The van der Waals surface area contributed by atoms with E-state index in [9.17, 15) is 14.9 Å². The average molecular weight is 318 g/mol. The van der Waals surface area contributed by atoms with E-state index in [0.717, 1.165) is 0 Å². The van der Waals surface area contributed by atoms with Crippen LogP contribution in [0.4, 0.5) is 11.4 Å². The van der Waals surface area contributed by atoms with E-state index < -0.39 is 4.92 Å². The van der Waals surface area contributed by atoms with Crippen LogP contribution in [-0.2, 0) is 6.42 Å². The number of nitro groups is 1. The molecule has 1 amide bonds. The Hall–Kier alpha value is -2.47. The van der Waals surface area contributed by atoms with Gasteiger partial charge in [0.05, 0.1) is 26.8 Å². The highest BCUT2D eigenvalue weighted by molar-refractivity contribution is 6.34. The maximum atomic E-state index is 12.7. The van der Waals surface area contributed by atoms with Crippen molar-refractivity contribution in [3.63, 3.8) is 0 Å². The summed E-state index contributed by atoms with van der Waals surface area (Å²) in [6, 6.07) is 6.34. The summed E-state index contributed by atoms with van der Waals surface area (Å²) in [6.07, 6.45) is 4.16. The number of hydrogen-bond donors (Lipinski definition) is 0. The third kappa shape index (κ3) is 2.42. The fourth-order valence-electron chi connectivity index (χ4n) is 2.68. The van der Waals surface area contributed by atoms with Gasteiger partial charge in [0.1, 0.15) is 0 Å². The van der Waals surface area contributed by atoms with Crippen LogP contribution in [0.15, 0.2) is 36.7 Å². The van der Waals surface area contributed by atoms with E-state index in [1.807, 2.05) is 0 Å². The predicted molar refractivity (Wildman–Crippen MR) is 82.3 cm³/mol. The van der Waals surface area contributed by atoms with Gasteiger partial charge >= 0.3 is 0 Å². The van der Waals surface area contributed by atoms with Crippen molar-refractivity contribution in [2.45, 2.75) is 12.8 Å². The molecule has 0 radical (unpaired) electrons. The Kier molecular flexibility index (Phi) is 3.77. The van der Waals surface area contributed by atoms with Gasteiger partial charge in [0, 0.05) is 25.0 Å². The maximum absolute atomic E-state index is 12.7. The summed E-state index contributed by atoms with van der Waals surface area (Å²) in [5, 5.41) is 11.4. The van der Waals surface area contributed by atoms with Crippen molar-refractivity contribution in [1.29, 1.82) is 0 Å². The first-order chi connectivity index (χ1) is 10.6. The number of pyridine rings is 1. The molecule has 1 aliphatic rings. The normalized spacial score (nSPS) is 13.6. The number of rotatable bonds is 2. The van der Waals surface area contributed by atoms with Gasteiger partial charge in [-0.2, -0.15) is 0 Å². The van der Waals surface area contributed by atoms with Crippen LogP contribution in [0.25, 0.3) is 0 Å². The summed E-state index contributed by atoms with van der Waals surface area (Å²) < 4.78 is 0.